The molecule has 2 bridgehead atoms. The van der Waals surface area contributed by atoms with E-state index < -0.39 is 0 Å². The maximum Gasteiger partial charge on any atom is 0.227 e. The molecule has 0 spiro atoms. The average molecular weight is 326 g/mol. The number of hydrogen-bond acceptors (Lipinski definition) is 5. The molecule has 6 heteroatoms. The van der Waals surface area contributed by atoms with Crippen molar-refractivity contribution >= 4 is 5.91 Å². The van der Waals surface area contributed by atoms with Crippen LogP contribution in [0.15, 0.2) is 35.1 Å². The fraction of sp³-hybridized carbons (Fsp3) is 0.500. The van der Waals surface area contributed by atoms with Gasteiger partial charge < -0.3 is 9.32 Å². The molecule has 0 radical (unpaired) electrons. The standard InChI is InChI=1S/C18H22N4O2/c1-13-20-16(12-24-13)9-21-8-14-5-6-17(11-21)22(18(14)23)10-15-4-2-3-7-19-15/h2-4,7,12,14,17H,5-6,8-11H2,1H3/t14-,17+/m0/s1. The van der Waals surface area contributed by atoms with E-state index in [1.165, 1.54) is 0 Å². The van der Waals surface area contributed by atoms with Crippen LogP contribution in [0.25, 0.3) is 0 Å². The molecule has 3 aliphatic heterocycles. The second-order valence-corrected chi connectivity index (χ2v) is 6.77. The molecule has 24 heavy (non-hydrogen) atoms. The van der Waals surface area contributed by atoms with E-state index in [-0.39, 0.29) is 17.9 Å². The third kappa shape index (κ3) is 3.06. The number of carbonyl (C=O) groups excluding carboxylic acids is 1. The molecule has 3 saturated heterocycles. The zero-order valence-electron chi connectivity index (χ0n) is 13.9. The number of aromatic nitrogens is 2. The Morgan fingerprint density at radius 1 is 1.21 bits per heavy atom. The number of nitrogens with zero attached hydrogens (tertiary/aromatic N) is 4. The zero-order chi connectivity index (χ0) is 16.5. The van der Waals surface area contributed by atoms with Crippen LogP contribution in [0.2, 0.25) is 0 Å². The predicted molar refractivity (Wildman–Crippen MR) is 87.8 cm³/mol. The monoisotopic (exact) mass is 326 g/mol. The SMILES string of the molecule is Cc1nc(CN2C[C@@H]3CC[C@H](C2)N(Cc2ccccn2)C3=O)co1. The number of amides is 1. The van der Waals surface area contributed by atoms with Gasteiger partial charge in [-0.3, -0.25) is 14.7 Å². The fourth-order valence-electron chi connectivity index (χ4n) is 3.84. The molecular formula is C18H22N4O2. The maximum absolute atomic E-state index is 12.9. The third-order valence-corrected chi connectivity index (χ3v) is 4.98. The lowest BCUT2D eigenvalue weighted by Gasteiger charge is -2.35. The van der Waals surface area contributed by atoms with Crippen LogP contribution in [-0.4, -0.2) is 44.8 Å². The van der Waals surface area contributed by atoms with Gasteiger partial charge in [-0.05, 0) is 25.0 Å². The van der Waals surface area contributed by atoms with E-state index in [0.717, 1.165) is 43.9 Å². The number of oxazole rings is 1. The van der Waals surface area contributed by atoms with Gasteiger partial charge in [0.25, 0.3) is 0 Å². The minimum atomic E-state index is 0.0838. The lowest BCUT2D eigenvalue weighted by molar-refractivity contribution is -0.140. The topological polar surface area (TPSA) is 62.5 Å². The molecule has 0 aromatic carbocycles. The van der Waals surface area contributed by atoms with Crippen LogP contribution in [0.5, 0.6) is 0 Å². The number of rotatable bonds is 4. The first-order valence-electron chi connectivity index (χ1n) is 8.53. The first-order valence-corrected chi connectivity index (χ1v) is 8.53. The van der Waals surface area contributed by atoms with Crippen LogP contribution in [0.3, 0.4) is 0 Å². The molecule has 0 saturated carbocycles. The summed E-state index contributed by atoms with van der Waals surface area (Å²) in [6.07, 6.45) is 5.55. The van der Waals surface area contributed by atoms with Crippen molar-refractivity contribution in [3.63, 3.8) is 0 Å². The Balaban J connectivity index is 1.50. The van der Waals surface area contributed by atoms with Gasteiger partial charge in [-0.2, -0.15) is 0 Å². The first-order chi connectivity index (χ1) is 11.7. The largest absolute Gasteiger partial charge is 0.449 e. The average Bonchev–Trinajstić information content (AvgIpc) is 2.82. The summed E-state index contributed by atoms with van der Waals surface area (Å²) >= 11 is 0. The van der Waals surface area contributed by atoms with Crippen LogP contribution in [0.1, 0.15) is 30.1 Å². The number of piperidine rings is 1. The van der Waals surface area contributed by atoms with E-state index >= 15 is 0 Å². The Bertz CT molecular complexity index is 715. The van der Waals surface area contributed by atoms with Crippen LogP contribution in [-0.2, 0) is 17.9 Å². The number of hydrogen-bond donors (Lipinski definition) is 0. The lowest BCUT2D eigenvalue weighted by Crippen LogP contribution is -2.47. The van der Waals surface area contributed by atoms with Gasteiger partial charge in [0.05, 0.1) is 23.9 Å². The summed E-state index contributed by atoms with van der Waals surface area (Å²) in [7, 11) is 0. The van der Waals surface area contributed by atoms with Crippen molar-refractivity contribution in [1.29, 1.82) is 0 Å². The van der Waals surface area contributed by atoms with Crippen LogP contribution in [0, 0.1) is 12.8 Å². The summed E-state index contributed by atoms with van der Waals surface area (Å²) in [6, 6.07) is 6.12. The normalized spacial score (nSPS) is 24.4. The molecule has 1 amide bonds. The Labute approximate surface area is 141 Å². The summed E-state index contributed by atoms with van der Waals surface area (Å²) < 4.78 is 5.30. The number of fused-ring (bicyclic) bond motifs is 4. The Morgan fingerprint density at radius 2 is 2.12 bits per heavy atom. The van der Waals surface area contributed by atoms with E-state index in [2.05, 4.69) is 14.9 Å². The van der Waals surface area contributed by atoms with Crippen LogP contribution in [0.4, 0.5) is 0 Å². The zero-order valence-corrected chi connectivity index (χ0v) is 13.9. The van der Waals surface area contributed by atoms with Crippen molar-refractivity contribution < 1.29 is 9.21 Å². The first kappa shape index (κ1) is 15.3. The molecule has 2 aromatic heterocycles. The maximum atomic E-state index is 12.9. The Hall–Kier alpha value is -2.21. The van der Waals surface area contributed by atoms with Gasteiger partial charge in [0.2, 0.25) is 5.91 Å². The summed E-state index contributed by atoms with van der Waals surface area (Å²) in [4.78, 5) is 26.0. The van der Waals surface area contributed by atoms with Gasteiger partial charge in [0, 0.05) is 38.8 Å². The van der Waals surface area contributed by atoms with E-state index in [4.69, 9.17) is 4.42 Å². The molecule has 2 aromatic rings. The van der Waals surface area contributed by atoms with E-state index in [0.29, 0.717) is 12.4 Å². The van der Waals surface area contributed by atoms with Gasteiger partial charge in [0.15, 0.2) is 5.89 Å². The molecule has 0 aliphatic carbocycles. The Morgan fingerprint density at radius 3 is 2.88 bits per heavy atom. The number of pyridine rings is 1. The molecule has 126 valence electrons. The minimum absolute atomic E-state index is 0.0838. The molecule has 3 aliphatic rings. The van der Waals surface area contributed by atoms with E-state index in [9.17, 15) is 4.79 Å². The molecule has 0 N–H and O–H groups in total. The summed E-state index contributed by atoms with van der Waals surface area (Å²) in [5.41, 5.74) is 1.90. The molecule has 5 rings (SSSR count). The quantitative estimate of drug-likeness (QED) is 0.860. The highest BCUT2D eigenvalue weighted by Crippen LogP contribution is 2.30. The predicted octanol–water partition coefficient (Wildman–Crippen LogP) is 2.00. The third-order valence-electron chi connectivity index (χ3n) is 4.98. The van der Waals surface area contributed by atoms with E-state index in [1.54, 1.807) is 12.5 Å². The highest BCUT2D eigenvalue weighted by molar-refractivity contribution is 5.80. The highest BCUT2D eigenvalue weighted by Gasteiger charge is 2.40. The second-order valence-electron chi connectivity index (χ2n) is 6.77. The van der Waals surface area contributed by atoms with Crippen LogP contribution < -0.4 is 0 Å². The molecule has 2 atom stereocenters. The van der Waals surface area contributed by atoms with Gasteiger partial charge in [0.1, 0.15) is 6.26 Å². The number of aryl methyl sites for hydroxylation is 1. The van der Waals surface area contributed by atoms with Crippen molar-refractivity contribution in [3.05, 3.63) is 47.9 Å². The smallest absolute Gasteiger partial charge is 0.227 e. The van der Waals surface area contributed by atoms with Gasteiger partial charge in [-0.15, -0.1) is 0 Å². The van der Waals surface area contributed by atoms with Crippen molar-refractivity contribution in [2.75, 3.05) is 13.1 Å². The molecule has 6 nitrogen and oxygen atoms in total. The fourth-order valence-corrected chi connectivity index (χ4v) is 3.84. The number of carbonyl (C=O) groups is 1. The second kappa shape index (κ2) is 6.36. The van der Waals surface area contributed by atoms with Crippen molar-refractivity contribution in [2.24, 2.45) is 5.92 Å². The minimum Gasteiger partial charge on any atom is -0.449 e. The molecular weight excluding hydrogens is 304 g/mol. The van der Waals surface area contributed by atoms with Crippen molar-refractivity contribution in [2.45, 2.75) is 38.9 Å². The Kier molecular flexibility index (Phi) is 4.06. The van der Waals surface area contributed by atoms with Crippen molar-refractivity contribution in [1.82, 2.24) is 19.8 Å². The summed E-state index contributed by atoms with van der Waals surface area (Å²) in [5.74, 6) is 1.05. The molecule has 3 fully saturated rings. The van der Waals surface area contributed by atoms with Crippen molar-refractivity contribution in [3.8, 4) is 0 Å². The van der Waals surface area contributed by atoms with Gasteiger partial charge >= 0.3 is 0 Å². The van der Waals surface area contributed by atoms with Gasteiger partial charge in [-0.1, -0.05) is 6.07 Å². The lowest BCUT2D eigenvalue weighted by atomic mass is 9.94. The van der Waals surface area contributed by atoms with E-state index in [1.807, 2.05) is 30.0 Å². The van der Waals surface area contributed by atoms with Gasteiger partial charge in [-0.25, -0.2) is 4.98 Å². The highest BCUT2D eigenvalue weighted by atomic mass is 16.3. The molecule has 0 unspecified atom stereocenters. The summed E-state index contributed by atoms with van der Waals surface area (Å²) in [6.45, 7) is 4.90. The summed E-state index contributed by atoms with van der Waals surface area (Å²) in [5, 5.41) is 0. The van der Waals surface area contributed by atoms with Crippen LogP contribution >= 0.6 is 0 Å². The molecule has 5 heterocycles.